The standard InChI is InChI=1S/C20H22F3N3O2.ClH/c1-25-9-11-26(12-10-25)14-15-7-8-16(13-18(15)20(21,22)23)24-19(27)28-17-5-3-2-4-6-17;/h2-8,13H,9-12,14H2,1H3,(H,24,27);1H. The Hall–Kier alpha value is -2.29. The van der Waals surface area contributed by atoms with Crippen LogP contribution in [0.5, 0.6) is 5.75 Å². The van der Waals surface area contributed by atoms with Gasteiger partial charge in [-0.15, -0.1) is 12.4 Å². The average Bonchev–Trinajstić information content (AvgIpc) is 2.65. The van der Waals surface area contributed by atoms with E-state index >= 15 is 0 Å². The van der Waals surface area contributed by atoms with Gasteiger partial charge < -0.3 is 9.64 Å². The first-order chi connectivity index (χ1) is 13.3. The third-order valence-corrected chi connectivity index (χ3v) is 4.61. The van der Waals surface area contributed by atoms with Crippen LogP contribution in [0, 0.1) is 0 Å². The van der Waals surface area contributed by atoms with Crippen molar-refractivity contribution in [1.82, 2.24) is 9.80 Å². The number of anilines is 1. The fourth-order valence-corrected chi connectivity index (χ4v) is 3.04. The van der Waals surface area contributed by atoms with Crippen LogP contribution < -0.4 is 10.1 Å². The minimum atomic E-state index is -4.51. The van der Waals surface area contributed by atoms with Crippen LogP contribution in [0.1, 0.15) is 11.1 Å². The van der Waals surface area contributed by atoms with Gasteiger partial charge in [0.05, 0.1) is 5.56 Å². The molecule has 1 aliphatic heterocycles. The highest BCUT2D eigenvalue weighted by Crippen LogP contribution is 2.34. The Balaban J connectivity index is 0.00000300. The third kappa shape index (κ3) is 6.62. The van der Waals surface area contributed by atoms with E-state index in [0.717, 1.165) is 32.2 Å². The molecule has 0 radical (unpaired) electrons. The SMILES string of the molecule is CN1CCN(Cc2ccc(NC(=O)Oc3ccccc3)cc2C(F)(F)F)CC1.Cl. The summed E-state index contributed by atoms with van der Waals surface area (Å²) in [6, 6.07) is 12.2. The fourth-order valence-electron chi connectivity index (χ4n) is 3.04. The highest BCUT2D eigenvalue weighted by Gasteiger charge is 2.34. The van der Waals surface area contributed by atoms with Gasteiger partial charge in [0.1, 0.15) is 5.75 Å². The Labute approximate surface area is 173 Å². The fraction of sp³-hybridized carbons (Fsp3) is 0.350. The van der Waals surface area contributed by atoms with Crippen LogP contribution in [0.3, 0.4) is 0 Å². The van der Waals surface area contributed by atoms with E-state index in [1.807, 2.05) is 11.9 Å². The smallest absolute Gasteiger partial charge is 0.410 e. The number of piperazine rings is 1. The number of hydrogen-bond donors (Lipinski definition) is 1. The summed E-state index contributed by atoms with van der Waals surface area (Å²) in [5, 5.41) is 2.36. The maximum Gasteiger partial charge on any atom is 0.417 e. The molecule has 0 spiro atoms. The van der Waals surface area contributed by atoms with Gasteiger partial charge >= 0.3 is 12.3 Å². The summed E-state index contributed by atoms with van der Waals surface area (Å²) in [7, 11) is 1.99. The van der Waals surface area contributed by atoms with Gasteiger partial charge in [-0.25, -0.2) is 4.79 Å². The van der Waals surface area contributed by atoms with Crippen LogP contribution in [-0.4, -0.2) is 49.1 Å². The molecule has 0 unspecified atom stereocenters. The van der Waals surface area contributed by atoms with Crippen LogP contribution in [-0.2, 0) is 12.7 Å². The zero-order chi connectivity index (χ0) is 20.1. The maximum absolute atomic E-state index is 13.6. The Morgan fingerprint density at radius 1 is 1.07 bits per heavy atom. The van der Waals surface area contributed by atoms with E-state index in [0.29, 0.717) is 5.75 Å². The summed E-state index contributed by atoms with van der Waals surface area (Å²) >= 11 is 0. The second-order valence-electron chi connectivity index (χ2n) is 6.78. The lowest BCUT2D eigenvalue weighted by atomic mass is 10.0. The van der Waals surface area contributed by atoms with Gasteiger partial charge in [-0.2, -0.15) is 13.2 Å². The molecule has 9 heteroatoms. The maximum atomic E-state index is 13.6. The number of carbonyl (C=O) groups excluding carboxylic acids is 1. The number of benzene rings is 2. The summed E-state index contributed by atoms with van der Waals surface area (Å²) in [6.07, 6.45) is -5.35. The summed E-state index contributed by atoms with van der Waals surface area (Å²) in [4.78, 5) is 16.1. The molecule has 0 saturated carbocycles. The van der Waals surface area contributed by atoms with Gasteiger partial charge in [0, 0.05) is 38.4 Å². The number of likely N-dealkylation sites (N-methyl/N-ethyl adjacent to an activating group) is 1. The number of nitrogens with zero attached hydrogens (tertiary/aromatic N) is 2. The van der Waals surface area contributed by atoms with Crippen LogP contribution in [0.2, 0.25) is 0 Å². The first-order valence-corrected chi connectivity index (χ1v) is 8.96. The minimum Gasteiger partial charge on any atom is -0.410 e. The van der Waals surface area contributed by atoms with E-state index in [1.54, 1.807) is 30.3 Å². The van der Waals surface area contributed by atoms with Crippen molar-refractivity contribution in [2.45, 2.75) is 12.7 Å². The van der Waals surface area contributed by atoms with Gasteiger partial charge in [-0.1, -0.05) is 24.3 Å². The van der Waals surface area contributed by atoms with Gasteiger partial charge in [0.2, 0.25) is 0 Å². The Morgan fingerprint density at radius 2 is 1.72 bits per heavy atom. The van der Waals surface area contributed by atoms with Crippen LogP contribution in [0.4, 0.5) is 23.7 Å². The summed E-state index contributed by atoms with van der Waals surface area (Å²) in [6.45, 7) is 3.31. The third-order valence-electron chi connectivity index (χ3n) is 4.61. The Morgan fingerprint density at radius 3 is 2.34 bits per heavy atom. The lowest BCUT2D eigenvalue weighted by Crippen LogP contribution is -2.44. The van der Waals surface area contributed by atoms with E-state index in [1.165, 1.54) is 12.1 Å². The van der Waals surface area contributed by atoms with E-state index in [4.69, 9.17) is 4.74 Å². The highest BCUT2D eigenvalue weighted by atomic mass is 35.5. The van der Waals surface area contributed by atoms with Crippen molar-refractivity contribution in [3.8, 4) is 5.75 Å². The summed E-state index contributed by atoms with van der Waals surface area (Å²) < 4.78 is 45.7. The van der Waals surface area contributed by atoms with Gasteiger partial charge in [-0.3, -0.25) is 10.2 Å². The van der Waals surface area contributed by atoms with E-state index in [-0.39, 0.29) is 30.2 Å². The Bertz CT molecular complexity index is 810. The van der Waals surface area contributed by atoms with Gasteiger partial charge in [0.15, 0.2) is 0 Å². The predicted octanol–water partition coefficient (Wildman–Crippen LogP) is 4.49. The number of para-hydroxylation sites is 1. The lowest BCUT2D eigenvalue weighted by Gasteiger charge is -2.33. The first-order valence-electron chi connectivity index (χ1n) is 8.96. The highest BCUT2D eigenvalue weighted by molar-refractivity contribution is 5.86. The number of hydrogen-bond acceptors (Lipinski definition) is 4. The van der Waals surface area contributed by atoms with Crippen molar-refractivity contribution in [2.24, 2.45) is 0 Å². The quantitative estimate of drug-likeness (QED) is 0.778. The average molecular weight is 430 g/mol. The second-order valence-corrected chi connectivity index (χ2v) is 6.78. The summed E-state index contributed by atoms with van der Waals surface area (Å²) in [5.74, 6) is 0.308. The summed E-state index contributed by atoms with van der Waals surface area (Å²) in [5.41, 5.74) is -0.515. The topological polar surface area (TPSA) is 44.8 Å². The van der Waals surface area contributed by atoms with E-state index in [2.05, 4.69) is 10.2 Å². The molecule has 2 aromatic rings. The molecular weight excluding hydrogens is 407 g/mol. The second kappa shape index (κ2) is 9.96. The molecule has 1 heterocycles. The number of ether oxygens (including phenoxy) is 1. The molecule has 1 amide bonds. The Kier molecular flexibility index (Phi) is 7.89. The zero-order valence-electron chi connectivity index (χ0n) is 15.9. The van der Waals surface area contributed by atoms with Crippen LogP contribution in [0.15, 0.2) is 48.5 Å². The molecule has 3 rings (SSSR count). The molecule has 0 aromatic heterocycles. The predicted molar refractivity (Wildman–Crippen MR) is 108 cm³/mol. The van der Waals surface area contributed by atoms with Crippen molar-refractivity contribution >= 4 is 24.2 Å². The molecule has 1 saturated heterocycles. The first kappa shape index (κ1) is 23.0. The van der Waals surface area contributed by atoms with Crippen LogP contribution in [0.25, 0.3) is 0 Å². The molecule has 1 N–H and O–H groups in total. The van der Waals surface area contributed by atoms with Crippen molar-refractivity contribution in [3.05, 3.63) is 59.7 Å². The largest absolute Gasteiger partial charge is 0.417 e. The molecule has 0 bridgehead atoms. The molecule has 29 heavy (non-hydrogen) atoms. The van der Waals surface area contributed by atoms with Crippen molar-refractivity contribution in [2.75, 3.05) is 38.5 Å². The van der Waals surface area contributed by atoms with E-state index < -0.39 is 17.8 Å². The van der Waals surface area contributed by atoms with Crippen molar-refractivity contribution in [3.63, 3.8) is 0 Å². The van der Waals surface area contributed by atoms with E-state index in [9.17, 15) is 18.0 Å². The minimum absolute atomic E-state index is 0. The van der Waals surface area contributed by atoms with Gasteiger partial charge in [-0.05, 0) is 36.9 Å². The number of nitrogens with one attached hydrogen (secondary N) is 1. The van der Waals surface area contributed by atoms with Gasteiger partial charge in [0.25, 0.3) is 0 Å². The van der Waals surface area contributed by atoms with Crippen molar-refractivity contribution in [1.29, 1.82) is 0 Å². The molecule has 1 fully saturated rings. The molecule has 5 nitrogen and oxygen atoms in total. The number of halogens is 4. The zero-order valence-corrected chi connectivity index (χ0v) is 16.7. The number of rotatable bonds is 4. The number of alkyl halides is 3. The monoisotopic (exact) mass is 429 g/mol. The molecule has 158 valence electrons. The lowest BCUT2D eigenvalue weighted by molar-refractivity contribution is -0.138. The molecular formula is C20H23ClF3N3O2. The normalized spacial score (nSPS) is 15.4. The number of carbonyl (C=O) groups is 1. The molecule has 0 aliphatic carbocycles. The van der Waals surface area contributed by atoms with Crippen LogP contribution >= 0.6 is 12.4 Å². The molecule has 0 atom stereocenters. The van der Waals surface area contributed by atoms with Crippen molar-refractivity contribution < 1.29 is 22.7 Å². The molecule has 1 aliphatic rings. The number of amides is 1. The molecule has 2 aromatic carbocycles.